The van der Waals surface area contributed by atoms with Crippen LogP contribution in [0, 0.1) is 11.3 Å². The largest absolute Gasteiger partial charge is 0.482 e. The van der Waals surface area contributed by atoms with E-state index in [4.69, 9.17) is 14.7 Å². The molecule has 1 aliphatic heterocycles. The molecule has 1 aliphatic rings. The molecule has 1 aromatic heterocycles. The SMILES string of the molecule is N#Cc1ccccc1OCC(=O)NCC(c1cccs1)N1CCOCC1. The minimum Gasteiger partial charge on any atom is -0.482 e. The van der Waals surface area contributed by atoms with Crippen molar-refractivity contribution in [3.63, 3.8) is 0 Å². The number of rotatable bonds is 7. The van der Waals surface area contributed by atoms with Crippen molar-refractivity contribution in [3.8, 4) is 11.8 Å². The van der Waals surface area contributed by atoms with Crippen LogP contribution >= 0.6 is 11.3 Å². The van der Waals surface area contributed by atoms with Crippen molar-refractivity contribution < 1.29 is 14.3 Å². The molecule has 2 aromatic rings. The third-order valence-electron chi connectivity index (χ3n) is 4.22. The van der Waals surface area contributed by atoms with Crippen molar-refractivity contribution in [2.75, 3.05) is 39.5 Å². The molecule has 1 saturated heterocycles. The van der Waals surface area contributed by atoms with Gasteiger partial charge in [-0.1, -0.05) is 18.2 Å². The topological polar surface area (TPSA) is 74.6 Å². The fourth-order valence-electron chi connectivity index (χ4n) is 2.87. The lowest BCUT2D eigenvalue weighted by molar-refractivity contribution is -0.123. The van der Waals surface area contributed by atoms with Crippen LogP contribution in [-0.2, 0) is 9.53 Å². The van der Waals surface area contributed by atoms with Gasteiger partial charge in [-0.05, 0) is 23.6 Å². The summed E-state index contributed by atoms with van der Waals surface area (Å²) in [5.41, 5.74) is 0.421. The number of nitrogens with zero attached hydrogens (tertiary/aromatic N) is 2. The van der Waals surface area contributed by atoms with Crippen molar-refractivity contribution >= 4 is 17.2 Å². The molecular weight excluding hydrogens is 350 g/mol. The van der Waals surface area contributed by atoms with E-state index in [1.807, 2.05) is 11.4 Å². The van der Waals surface area contributed by atoms with Crippen LogP contribution < -0.4 is 10.1 Å². The fraction of sp³-hybridized carbons (Fsp3) is 0.368. The highest BCUT2D eigenvalue weighted by Crippen LogP contribution is 2.25. The lowest BCUT2D eigenvalue weighted by Crippen LogP contribution is -2.44. The number of ether oxygens (including phenoxy) is 2. The van der Waals surface area contributed by atoms with Crippen LogP contribution in [-0.4, -0.2) is 50.3 Å². The van der Waals surface area contributed by atoms with Crippen LogP contribution in [0.1, 0.15) is 16.5 Å². The number of carbonyl (C=O) groups is 1. The summed E-state index contributed by atoms with van der Waals surface area (Å²) in [5, 5.41) is 14.1. The third kappa shape index (κ3) is 4.82. The number of carbonyl (C=O) groups excluding carboxylic acids is 1. The third-order valence-corrected chi connectivity index (χ3v) is 5.19. The van der Waals surface area contributed by atoms with E-state index in [1.165, 1.54) is 4.88 Å². The molecule has 1 amide bonds. The summed E-state index contributed by atoms with van der Waals surface area (Å²) in [7, 11) is 0. The molecule has 2 heterocycles. The van der Waals surface area contributed by atoms with Gasteiger partial charge in [0, 0.05) is 24.5 Å². The fourth-order valence-corrected chi connectivity index (χ4v) is 3.73. The molecule has 7 heteroatoms. The number of para-hydroxylation sites is 1. The van der Waals surface area contributed by atoms with E-state index >= 15 is 0 Å². The zero-order valence-electron chi connectivity index (χ0n) is 14.4. The Bertz CT molecular complexity index is 752. The molecule has 0 radical (unpaired) electrons. The van der Waals surface area contributed by atoms with Gasteiger partial charge in [0.25, 0.3) is 5.91 Å². The van der Waals surface area contributed by atoms with E-state index < -0.39 is 0 Å². The van der Waals surface area contributed by atoms with Crippen LogP contribution in [0.5, 0.6) is 5.75 Å². The standard InChI is InChI=1S/C19H21N3O3S/c20-12-15-4-1-2-5-17(15)25-14-19(23)21-13-16(18-6-3-11-26-18)22-7-9-24-10-8-22/h1-6,11,16H,7-10,13-14H2,(H,21,23). The Morgan fingerprint density at radius 3 is 2.85 bits per heavy atom. The van der Waals surface area contributed by atoms with Crippen molar-refractivity contribution in [2.45, 2.75) is 6.04 Å². The van der Waals surface area contributed by atoms with E-state index in [1.54, 1.807) is 35.6 Å². The lowest BCUT2D eigenvalue weighted by atomic mass is 10.2. The average molecular weight is 371 g/mol. The predicted octanol–water partition coefficient (Wildman–Crippen LogP) is 2.19. The lowest BCUT2D eigenvalue weighted by Gasteiger charge is -2.34. The first-order valence-corrected chi connectivity index (χ1v) is 9.39. The highest BCUT2D eigenvalue weighted by Gasteiger charge is 2.24. The van der Waals surface area contributed by atoms with Gasteiger partial charge in [-0.15, -0.1) is 11.3 Å². The van der Waals surface area contributed by atoms with Crippen LogP contribution in [0.2, 0.25) is 0 Å². The second-order valence-electron chi connectivity index (χ2n) is 5.88. The molecule has 1 atom stereocenters. The smallest absolute Gasteiger partial charge is 0.258 e. The van der Waals surface area contributed by atoms with Crippen LogP contribution in [0.25, 0.3) is 0 Å². The van der Waals surface area contributed by atoms with Gasteiger partial charge in [0.05, 0.1) is 24.8 Å². The highest BCUT2D eigenvalue weighted by molar-refractivity contribution is 7.10. The number of hydrogen-bond donors (Lipinski definition) is 1. The van der Waals surface area contributed by atoms with E-state index in [0.29, 0.717) is 31.1 Å². The Hall–Kier alpha value is -2.40. The Kier molecular flexibility index (Phi) is 6.61. The monoisotopic (exact) mass is 371 g/mol. The summed E-state index contributed by atoms with van der Waals surface area (Å²) in [6.45, 7) is 3.53. The summed E-state index contributed by atoms with van der Waals surface area (Å²) >= 11 is 1.69. The minimum absolute atomic E-state index is 0.112. The maximum absolute atomic E-state index is 12.2. The van der Waals surface area contributed by atoms with E-state index in [9.17, 15) is 4.79 Å². The van der Waals surface area contributed by atoms with Gasteiger partial charge in [-0.25, -0.2) is 0 Å². The molecule has 0 saturated carbocycles. The van der Waals surface area contributed by atoms with Crippen molar-refractivity contribution in [3.05, 3.63) is 52.2 Å². The molecule has 0 bridgehead atoms. The highest BCUT2D eigenvalue weighted by atomic mass is 32.1. The summed E-state index contributed by atoms with van der Waals surface area (Å²) in [5.74, 6) is 0.223. The first kappa shape index (κ1) is 18.4. The van der Waals surface area contributed by atoms with E-state index in [-0.39, 0.29) is 18.6 Å². The number of thiophene rings is 1. The molecular formula is C19H21N3O3S. The predicted molar refractivity (Wildman–Crippen MR) is 99.1 cm³/mol. The number of hydrogen-bond acceptors (Lipinski definition) is 6. The molecule has 26 heavy (non-hydrogen) atoms. The minimum atomic E-state index is -0.201. The Morgan fingerprint density at radius 1 is 1.31 bits per heavy atom. The van der Waals surface area contributed by atoms with Crippen LogP contribution in [0.4, 0.5) is 0 Å². The number of benzene rings is 1. The number of morpholine rings is 1. The summed E-state index contributed by atoms with van der Waals surface area (Å²) in [4.78, 5) is 15.8. The molecule has 1 unspecified atom stereocenters. The number of amides is 1. The summed E-state index contributed by atoms with van der Waals surface area (Å²) in [6, 6.07) is 13.2. The average Bonchev–Trinajstić information content (AvgIpc) is 3.22. The normalized spacial score (nSPS) is 15.8. The molecule has 0 spiro atoms. The molecule has 0 aliphatic carbocycles. The summed E-state index contributed by atoms with van der Waals surface area (Å²) in [6.07, 6.45) is 0. The Labute approximate surface area is 156 Å². The van der Waals surface area contributed by atoms with Crippen molar-refractivity contribution in [2.24, 2.45) is 0 Å². The molecule has 1 N–H and O–H groups in total. The first-order chi connectivity index (χ1) is 12.8. The van der Waals surface area contributed by atoms with Crippen molar-refractivity contribution in [1.29, 1.82) is 5.26 Å². The molecule has 3 rings (SSSR count). The molecule has 136 valence electrons. The number of nitrogens with one attached hydrogen (secondary N) is 1. The second-order valence-corrected chi connectivity index (χ2v) is 6.86. The first-order valence-electron chi connectivity index (χ1n) is 8.52. The van der Waals surface area contributed by atoms with Gasteiger partial charge in [-0.2, -0.15) is 5.26 Å². The van der Waals surface area contributed by atoms with E-state index in [2.05, 4.69) is 22.4 Å². The van der Waals surface area contributed by atoms with Gasteiger partial charge in [-0.3, -0.25) is 9.69 Å². The maximum atomic E-state index is 12.2. The van der Waals surface area contributed by atoms with Crippen molar-refractivity contribution in [1.82, 2.24) is 10.2 Å². The van der Waals surface area contributed by atoms with Crippen LogP contribution in [0.3, 0.4) is 0 Å². The molecule has 1 fully saturated rings. The summed E-state index contributed by atoms with van der Waals surface area (Å²) < 4.78 is 10.9. The van der Waals surface area contributed by atoms with Gasteiger partial charge in [0.2, 0.25) is 0 Å². The van der Waals surface area contributed by atoms with Crippen LogP contribution in [0.15, 0.2) is 41.8 Å². The Balaban J connectivity index is 1.55. The zero-order chi connectivity index (χ0) is 18.2. The molecule has 6 nitrogen and oxygen atoms in total. The maximum Gasteiger partial charge on any atom is 0.258 e. The van der Waals surface area contributed by atoms with Gasteiger partial charge in [0.15, 0.2) is 6.61 Å². The number of nitriles is 1. The van der Waals surface area contributed by atoms with Gasteiger partial charge >= 0.3 is 0 Å². The Morgan fingerprint density at radius 2 is 2.12 bits per heavy atom. The van der Waals surface area contributed by atoms with Gasteiger partial charge in [0.1, 0.15) is 11.8 Å². The molecule has 1 aromatic carbocycles. The van der Waals surface area contributed by atoms with E-state index in [0.717, 1.165) is 13.1 Å². The zero-order valence-corrected chi connectivity index (χ0v) is 15.2. The quantitative estimate of drug-likeness (QED) is 0.808. The van der Waals surface area contributed by atoms with Gasteiger partial charge < -0.3 is 14.8 Å². The second kappa shape index (κ2) is 9.34.